The molecule has 34 heavy (non-hydrogen) atoms. The largest absolute Gasteiger partial charge is 0.497 e. The Morgan fingerprint density at radius 2 is 1.74 bits per heavy atom. The maximum absolute atomic E-state index is 12.6. The third kappa shape index (κ3) is 6.03. The highest BCUT2D eigenvalue weighted by Gasteiger charge is 2.36. The molecule has 1 atom stereocenters. The van der Waals surface area contributed by atoms with E-state index in [0.29, 0.717) is 17.2 Å². The van der Waals surface area contributed by atoms with Gasteiger partial charge in [-0.3, -0.25) is 29.6 Å². The summed E-state index contributed by atoms with van der Waals surface area (Å²) in [6, 6.07) is 12.0. The van der Waals surface area contributed by atoms with E-state index in [-0.39, 0.29) is 18.5 Å². The van der Waals surface area contributed by atoms with Crippen molar-refractivity contribution in [1.29, 1.82) is 0 Å². The van der Waals surface area contributed by atoms with E-state index < -0.39 is 36.2 Å². The molecule has 3 amide bonds. The molecule has 2 aromatic carbocycles. The lowest BCUT2D eigenvalue weighted by Gasteiger charge is -2.18. The predicted molar refractivity (Wildman–Crippen MR) is 122 cm³/mol. The molecule has 1 aliphatic heterocycles. The first-order chi connectivity index (χ1) is 16.3. The van der Waals surface area contributed by atoms with E-state index in [2.05, 4.69) is 10.7 Å². The van der Waals surface area contributed by atoms with E-state index in [4.69, 9.17) is 14.2 Å². The number of anilines is 1. The van der Waals surface area contributed by atoms with Gasteiger partial charge in [-0.2, -0.15) is 0 Å². The Morgan fingerprint density at radius 1 is 1.06 bits per heavy atom. The van der Waals surface area contributed by atoms with E-state index >= 15 is 0 Å². The average Bonchev–Trinajstić information content (AvgIpc) is 3.22. The number of ether oxygens (including phenoxy) is 3. The van der Waals surface area contributed by atoms with Gasteiger partial charge in [0.2, 0.25) is 5.91 Å². The zero-order valence-corrected chi connectivity index (χ0v) is 19.3. The molecule has 0 aliphatic carbocycles. The molecule has 1 heterocycles. The molecule has 1 fully saturated rings. The van der Waals surface area contributed by atoms with Crippen LogP contribution >= 0.6 is 0 Å². The van der Waals surface area contributed by atoms with Crippen molar-refractivity contribution in [2.45, 2.75) is 19.8 Å². The van der Waals surface area contributed by atoms with Gasteiger partial charge in [0.15, 0.2) is 6.61 Å². The number of nitrogens with zero attached hydrogens (tertiary/aromatic N) is 1. The highest BCUT2D eigenvalue weighted by Crippen LogP contribution is 2.23. The molecule has 10 heteroatoms. The summed E-state index contributed by atoms with van der Waals surface area (Å²) in [4.78, 5) is 49.5. The summed E-state index contributed by atoms with van der Waals surface area (Å²) in [6.45, 7) is 1.43. The Bertz CT molecular complexity index is 1060. The molecule has 1 saturated heterocycles. The third-order valence-electron chi connectivity index (χ3n) is 5.33. The van der Waals surface area contributed by atoms with E-state index in [0.717, 1.165) is 17.0 Å². The van der Waals surface area contributed by atoms with Crippen molar-refractivity contribution in [3.05, 3.63) is 53.6 Å². The number of nitrogens with one attached hydrogen (secondary N) is 2. The monoisotopic (exact) mass is 469 g/mol. The Labute approximate surface area is 197 Å². The van der Waals surface area contributed by atoms with Crippen LogP contribution in [0, 0.1) is 5.92 Å². The molecule has 3 rings (SSSR count). The lowest BCUT2D eigenvalue weighted by molar-refractivity contribution is -0.151. The van der Waals surface area contributed by atoms with Crippen LogP contribution in [0.3, 0.4) is 0 Å². The number of carbonyl (C=O) groups is 4. The van der Waals surface area contributed by atoms with Gasteiger partial charge in [-0.05, 0) is 30.2 Å². The van der Waals surface area contributed by atoms with Crippen LogP contribution in [0.2, 0.25) is 0 Å². The minimum absolute atomic E-state index is 0.0647. The van der Waals surface area contributed by atoms with Gasteiger partial charge in [-0.15, -0.1) is 0 Å². The van der Waals surface area contributed by atoms with Crippen molar-refractivity contribution < 1.29 is 33.4 Å². The van der Waals surface area contributed by atoms with Gasteiger partial charge in [-0.1, -0.05) is 25.1 Å². The van der Waals surface area contributed by atoms with Crippen molar-refractivity contribution in [3.8, 4) is 11.5 Å². The normalized spacial score (nSPS) is 15.0. The van der Waals surface area contributed by atoms with Crippen LogP contribution in [-0.4, -0.2) is 56.1 Å². The van der Waals surface area contributed by atoms with Crippen molar-refractivity contribution >= 4 is 29.4 Å². The summed E-state index contributed by atoms with van der Waals surface area (Å²) in [7, 11) is 2.92. The fraction of sp³-hybridized carbons (Fsp3) is 0.333. The van der Waals surface area contributed by atoms with Crippen LogP contribution in [0.1, 0.15) is 29.3 Å². The number of carbonyl (C=O) groups excluding carboxylic acids is 4. The fourth-order valence-corrected chi connectivity index (χ4v) is 3.49. The standard InChI is InChI=1S/C24H27N3O7/c1-4-15-7-5-6-8-20(15)25-21(28)14-34-24(31)17-11-22(29)27(13-17)26-23(30)16-9-18(32-2)12-19(10-16)33-3/h5-10,12,17H,4,11,13-14H2,1-3H3,(H,25,28)(H,26,30)/t17-/m1/s1. The molecule has 180 valence electrons. The number of hydrogen-bond donors (Lipinski definition) is 2. The molecule has 2 N–H and O–H groups in total. The minimum atomic E-state index is -0.802. The van der Waals surface area contributed by atoms with Crippen LogP contribution in [-0.2, 0) is 25.5 Å². The number of aryl methyl sites for hydroxylation is 1. The second-order valence-electron chi connectivity index (χ2n) is 7.61. The molecule has 0 aromatic heterocycles. The van der Waals surface area contributed by atoms with E-state index in [1.54, 1.807) is 18.2 Å². The molecule has 2 aromatic rings. The molecule has 0 saturated carbocycles. The Balaban J connectivity index is 1.53. The van der Waals surface area contributed by atoms with Crippen molar-refractivity contribution in [2.75, 3.05) is 32.7 Å². The summed E-state index contributed by atoms with van der Waals surface area (Å²) in [5.74, 6) is -2.14. The second kappa shape index (κ2) is 11.2. The minimum Gasteiger partial charge on any atom is -0.497 e. The van der Waals surface area contributed by atoms with Gasteiger partial charge < -0.3 is 19.5 Å². The lowest BCUT2D eigenvalue weighted by Crippen LogP contribution is -2.43. The molecule has 0 radical (unpaired) electrons. The maximum Gasteiger partial charge on any atom is 0.311 e. The Morgan fingerprint density at radius 3 is 2.38 bits per heavy atom. The number of hydrazine groups is 1. The number of benzene rings is 2. The Kier molecular flexibility index (Phi) is 8.07. The first kappa shape index (κ1) is 24.6. The SMILES string of the molecule is CCc1ccccc1NC(=O)COC(=O)[C@@H]1CC(=O)N(NC(=O)c2cc(OC)cc(OC)c2)C1. The number of rotatable bonds is 9. The molecular weight excluding hydrogens is 442 g/mol. The molecule has 1 aliphatic rings. The topological polar surface area (TPSA) is 123 Å². The fourth-order valence-electron chi connectivity index (χ4n) is 3.49. The van der Waals surface area contributed by atoms with E-state index in [9.17, 15) is 19.2 Å². The van der Waals surface area contributed by atoms with Crippen molar-refractivity contribution in [3.63, 3.8) is 0 Å². The van der Waals surface area contributed by atoms with Crippen molar-refractivity contribution in [1.82, 2.24) is 10.4 Å². The summed E-state index contributed by atoms with van der Waals surface area (Å²) in [6.07, 6.45) is 0.603. The highest BCUT2D eigenvalue weighted by atomic mass is 16.5. The zero-order valence-electron chi connectivity index (χ0n) is 19.3. The molecular formula is C24H27N3O7. The number of methoxy groups -OCH3 is 2. The summed E-state index contributed by atoms with van der Waals surface area (Å²) in [5.41, 5.74) is 4.33. The molecule has 0 bridgehead atoms. The van der Waals surface area contributed by atoms with Gasteiger partial charge in [0.25, 0.3) is 11.8 Å². The van der Waals surface area contributed by atoms with Gasteiger partial charge in [0.1, 0.15) is 11.5 Å². The smallest absolute Gasteiger partial charge is 0.311 e. The average molecular weight is 469 g/mol. The van der Waals surface area contributed by atoms with Gasteiger partial charge >= 0.3 is 5.97 Å². The number of amides is 3. The van der Waals surface area contributed by atoms with E-state index in [1.807, 2.05) is 19.1 Å². The highest BCUT2D eigenvalue weighted by molar-refractivity contribution is 5.97. The molecule has 0 unspecified atom stereocenters. The zero-order chi connectivity index (χ0) is 24.7. The van der Waals surface area contributed by atoms with Gasteiger partial charge in [-0.25, -0.2) is 0 Å². The van der Waals surface area contributed by atoms with Crippen LogP contribution in [0.5, 0.6) is 11.5 Å². The summed E-state index contributed by atoms with van der Waals surface area (Å²) < 4.78 is 15.4. The lowest BCUT2D eigenvalue weighted by atomic mass is 10.1. The summed E-state index contributed by atoms with van der Waals surface area (Å²) >= 11 is 0. The number of esters is 1. The molecule has 10 nitrogen and oxygen atoms in total. The Hall–Kier alpha value is -4.08. The predicted octanol–water partition coefficient (Wildman–Crippen LogP) is 1.94. The van der Waals surface area contributed by atoms with Crippen LogP contribution < -0.4 is 20.2 Å². The first-order valence-corrected chi connectivity index (χ1v) is 10.7. The van der Waals surface area contributed by atoms with Crippen LogP contribution in [0.15, 0.2) is 42.5 Å². The second-order valence-corrected chi connectivity index (χ2v) is 7.61. The van der Waals surface area contributed by atoms with E-state index in [1.165, 1.54) is 26.4 Å². The van der Waals surface area contributed by atoms with Gasteiger partial charge in [0.05, 0.1) is 26.7 Å². The quantitative estimate of drug-likeness (QED) is 0.538. The maximum atomic E-state index is 12.6. The van der Waals surface area contributed by atoms with Crippen LogP contribution in [0.25, 0.3) is 0 Å². The number of hydrogen-bond acceptors (Lipinski definition) is 7. The van der Waals surface area contributed by atoms with Crippen LogP contribution in [0.4, 0.5) is 5.69 Å². The number of para-hydroxylation sites is 1. The van der Waals surface area contributed by atoms with Crippen molar-refractivity contribution in [2.24, 2.45) is 5.92 Å². The summed E-state index contributed by atoms with van der Waals surface area (Å²) in [5, 5.41) is 3.78. The first-order valence-electron chi connectivity index (χ1n) is 10.7. The van der Waals surface area contributed by atoms with Gasteiger partial charge in [0, 0.05) is 23.7 Å². The third-order valence-corrected chi connectivity index (χ3v) is 5.33. The molecule has 0 spiro atoms.